The topological polar surface area (TPSA) is 333 Å². The minimum absolute atomic E-state index is 0.0151. The Morgan fingerprint density at radius 1 is 0.352 bits per heavy atom. The third kappa shape index (κ3) is 41.3. The summed E-state index contributed by atoms with van der Waals surface area (Å²) in [6.07, 6.45) is 26.3. The van der Waals surface area contributed by atoms with Crippen molar-refractivity contribution < 1.29 is 79.1 Å². The highest BCUT2D eigenvalue weighted by atomic mass is 19.1. The van der Waals surface area contributed by atoms with Crippen molar-refractivity contribution in [2.75, 3.05) is 25.0 Å². The van der Waals surface area contributed by atoms with E-state index in [1.54, 1.807) is 159 Å². The number of aromatic nitrogens is 8. The highest BCUT2D eigenvalue weighted by Crippen LogP contribution is 2.27. The van der Waals surface area contributed by atoms with Crippen LogP contribution in [0.1, 0.15) is 234 Å². The van der Waals surface area contributed by atoms with Crippen molar-refractivity contribution in [2.45, 2.75) is 191 Å². The number of aryl methyl sites for hydroxylation is 1. The zero-order chi connectivity index (χ0) is 101. The Morgan fingerprint density at radius 2 is 0.732 bits per heavy atom. The molecule has 26 nitrogen and oxygen atoms in total. The second-order valence-electron chi connectivity index (χ2n) is 36.4. The number of carbonyl (C=O) groups excluding carboxylic acids is 6. The van der Waals surface area contributed by atoms with Gasteiger partial charge in [-0.1, -0.05) is 153 Å². The predicted octanol–water partition coefficient (Wildman–Crippen LogP) is 21.9. The molecule has 142 heavy (non-hydrogen) atoms. The Hall–Kier alpha value is -15.4. The van der Waals surface area contributed by atoms with Crippen molar-refractivity contribution in [2.24, 2.45) is 16.7 Å². The standard InChI is InChI=1S/C20H23FN2O2.C20H25FN2O2.C19H22F2N2O2.C18H15N3O2.C18H21N3O2.C16H17FN2O2/c21-18-8-4-7-16(11-18)14-25-19-10-9-17(13-22-19)20(24)23-12-15-5-2-1-3-6-15;1-14-17(19(24)22-11-10-20(2,3)4)8-9-18(23-14)25-13-15-6-5-7-16(21)12-15;1-19(2,3)6-7-22-18(24)14-4-5-17(23-11-14)25-12-13-8-15(20)10-16(21)9-13;22-18(21-16-8-4-5-11-19-16)15-9-10-17(20-12-15)23-13-14-6-2-1-3-7-14;22-18(21-16-4-2-1-3-5-16)15-6-7-17(20-12-15)23-13-14-8-10-19-11-9-14;1-11(2)19-16(20)13-6-7-15(18-9-13)21-10-12-4-3-5-14(17)8-12/h4,7-11,13,15H,1-3,5-6,12,14H2,(H,23,24);5-9,12H,10-11,13H2,1-4H3,(H,22,24);4-5,8-11H,6-7,12H2,1-3H3,(H,22,24);1-12H,13H2,(H,19,21,22);6-12,16H,1-5,13H2,(H,21,22);3-9,11H,10H2,1-2H3,(H,19,20). The number of anilines is 1. The van der Waals surface area contributed by atoms with E-state index in [4.69, 9.17) is 28.4 Å². The van der Waals surface area contributed by atoms with Gasteiger partial charge in [0.1, 0.15) is 74.5 Å². The lowest BCUT2D eigenvalue weighted by atomic mass is 9.89. The quantitative estimate of drug-likeness (QED) is 0.0208. The molecule has 2 aliphatic carbocycles. The van der Waals surface area contributed by atoms with Crippen LogP contribution in [-0.4, -0.2) is 107 Å². The number of nitrogens with one attached hydrogen (secondary N) is 6. The summed E-state index contributed by atoms with van der Waals surface area (Å²) in [5.41, 5.74) is 8.54. The van der Waals surface area contributed by atoms with Gasteiger partial charge in [-0.3, -0.25) is 33.8 Å². The molecule has 0 spiro atoms. The number of halogens is 5. The van der Waals surface area contributed by atoms with Crippen molar-refractivity contribution in [1.29, 1.82) is 0 Å². The van der Waals surface area contributed by atoms with E-state index in [-0.39, 0.29) is 102 Å². The molecule has 2 fully saturated rings. The summed E-state index contributed by atoms with van der Waals surface area (Å²) in [5, 5.41) is 17.3. The van der Waals surface area contributed by atoms with Gasteiger partial charge in [-0.2, -0.15) is 0 Å². The highest BCUT2D eigenvalue weighted by molar-refractivity contribution is 6.03. The van der Waals surface area contributed by atoms with Crippen LogP contribution in [0.25, 0.3) is 0 Å². The number of benzene rings is 5. The zero-order valence-electron chi connectivity index (χ0n) is 81.4. The highest BCUT2D eigenvalue weighted by Gasteiger charge is 2.22. The first-order valence-corrected chi connectivity index (χ1v) is 47.2. The van der Waals surface area contributed by atoms with E-state index < -0.39 is 11.6 Å². The van der Waals surface area contributed by atoms with Crippen molar-refractivity contribution in [3.63, 3.8) is 0 Å². The molecule has 0 aliphatic heterocycles. The van der Waals surface area contributed by atoms with Crippen molar-refractivity contribution >= 4 is 41.3 Å². The van der Waals surface area contributed by atoms with Crippen LogP contribution in [0.15, 0.2) is 274 Å². The van der Waals surface area contributed by atoms with Gasteiger partial charge in [0.2, 0.25) is 35.3 Å². The Bertz CT molecular complexity index is 6050. The number of hydrogen-bond acceptors (Lipinski definition) is 20. The van der Waals surface area contributed by atoms with E-state index in [1.807, 2.05) is 56.3 Å². The van der Waals surface area contributed by atoms with E-state index in [9.17, 15) is 50.7 Å². The van der Waals surface area contributed by atoms with E-state index in [0.717, 1.165) is 66.1 Å². The number of carbonyl (C=O) groups is 6. The first kappa shape index (κ1) is 109. The predicted molar refractivity (Wildman–Crippen MR) is 533 cm³/mol. The first-order chi connectivity index (χ1) is 68.3. The van der Waals surface area contributed by atoms with Crippen LogP contribution in [-0.2, 0) is 39.6 Å². The molecule has 0 unspecified atom stereocenters. The molecule has 744 valence electrons. The van der Waals surface area contributed by atoms with E-state index in [2.05, 4.69) is 113 Å². The van der Waals surface area contributed by atoms with Crippen molar-refractivity contribution in [3.8, 4) is 35.3 Å². The van der Waals surface area contributed by atoms with Crippen LogP contribution in [0.2, 0.25) is 0 Å². The lowest BCUT2D eigenvalue weighted by Crippen LogP contribution is -2.36. The van der Waals surface area contributed by atoms with Crippen LogP contribution >= 0.6 is 0 Å². The van der Waals surface area contributed by atoms with Gasteiger partial charge in [0.05, 0.1) is 39.1 Å². The largest absolute Gasteiger partial charge is 0.473 e. The lowest BCUT2D eigenvalue weighted by molar-refractivity contribution is 0.0921. The van der Waals surface area contributed by atoms with Gasteiger partial charge >= 0.3 is 0 Å². The average molecular weight is 1940 g/mol. The number of amides is 6. The van der Waals surface area contributed by atoms with Gasteiger partial charge in [-0.15, -0.1) is 0 Å². The fraction of sp³-hybridized carbons (Fsp3) is 0.315. The Kier molecular flexibility index (Phi) is 43.7. The Morgan fingerprint density at radius 3 is 1.15 bits per heavy atom. The van der Waals surface area contributed by atoms with Crippen LogP contribution in [0.3, 0.4) is 0 Å². The molecule has 6 N–H and O–H groups in total. The Balaban J connectivity index is 0.000000175. The summed E-state index contributed by atoms with van der Waals surface area (Å²) in [7, 11) is 0. The first-order valence-electron chi connectivity index (χ1n) is 47.2. The maximum atomic E-state index is 13.2. The maximum Gasteiger partial charge on any atom is 0.258 e. The van der Waals surface area contributed by atoms with Crippen LogP contribution in [0, 0.1) is 52.8 Å². The summed E-state index contributed by atoms with van der Waals surface area (Å²) in [4.78, 5) is 105. The van der Waals surface area contributed by atoms with Gasteiger partial charge in [0.15, 0.2) is 0 Å². The molecular formula is C111H123F5N14O12. The molecule has 0 atom stereocenters. The maximum absolute atomic E-state index is 13.2. The molecule has 2 saturated carbocycles. The number of pyridine rings is 8. The minimum atomic E-state index is -0.658. The van der Waals surface area contributed by atoms with Gasteiger partial charge < -0.3 is 60.3 Å². The second-order valence-corrected chi connectivity index (χ2v) is 36.4. The third-order valence-electron chi connectivity index (χ3n) is 21.7. The van der Waals surface area contributed by atoms with Crippen molar-refractivity contribution in [1.82, 2.24) is 66.5 Å². The van der Waals surface area contributed by atoms with Gasteiger partial charge in [-0.05, 0) is 219 Å². The molecular weight excluding hydrogens is 1820 g/mol. The molecule has 6 amide bonds. The number of nitrogens with zero attached hydrogens (tertiary/aromatic N) is 8. The molecule has 15 rings (SSSR count). The monoisotopic (exact) mass is 1940 g/mol. The summed E-state index contributed by atoms with van der Waals surface area (Å²) in [6, 6.07) is 61.1. The van der Waals surface area contributed by atoms with E-state index >= 15 is 0 Å². The molecule has 0 radical (unpaired) electrons. The number of hydrogen-bond donors (Lipinski definition) is 6. The number of rotatable bonds is 33. The van der Waals surface area contributed by atoms with Gasteiger partial charge in [-0.25, -0.2) is 56.8 Å². The van der Waals surface area contributed by atoms with Crippen LogP contribution in [0.4, 0.5) is 27.8 Å². The van der Waals surface area contributed by atoms with Gasteiger partial charge in [0.25, 0.3) is 35.4 Å². The molecule has 8 heterocycles. The molecule has 31 heteroatoms. The third-order valence-corrected chi connectivity index (χ3v) is 21.7. The smallest absolute Gasteiger partial charge is 0.258 e. The molecule has 0 saturated heterocycles. The molecule has 13 aromatic rings. The minimum Gasteiger partial charge on any atom is -0.473 e. The Labute approximate surface area is 826 Å². The fourth-order valence-corrected chi connectivity index (χ4v) is 13.9. The average Bonchev–Trinajstić information content (AvgIpc) is 0.856. The summed E-state index contributed by atoms with van der Waals surface area (Å²) < 4.78 is 98.7. The second kappa shape index (κ2) is 57.2. The van der Waals surface area contributed by atoms with E-state index in [0.29, 0.717) is 118 Å². The summed E-state index contributed by atoms with van der Waals surface area (Å²) >= 11 is 0. The number of ether oxygens (including phenoxy) is 6. The molecule has 5 aromatic carbocycles. The summed E-state index contributed by atoms with van der Waals surface area (Å²) in [6.45, 7) is 21.8. The van der Waals surface area contributed by atoms with E-state index in [1.165, 1.54) is 125 Å². The lowest BCUT2D eigenvalue weighted by Gasteiger charge is -2.22. The SMILES string of the molecule is CC(C)(C)CCNC(=O)c1ccc(OCc2cc(F)cc(F)c2)nc1.CC(C)NC(=O)c1ccc(OCc2cccc(F)c2)nc1.Cc1nc(OCc2cccc(F)c2)ccc1C(=O)NCCC(C)(C)C.O=C(NC1CCCCC1)c1ccc(OCc2ccncc2)nc1.O=C(NCC1CCCCC1)c1ccc(OCc2cccc(F)c2)nc1.O=C(Nc1ccccn1)c1ccc(OCc2ccccc2)nc1. The summed E-state index contributed by atoms with van der Waals surface area (Å²) in [5.74, 6) is 0.443. The van der Waals surface area contributed by atoms with Gasteiger partial charge in [0, 0.05) is 124 Å². The van der Waals surface area contributed by atoms with Crippen LogP contribution in [0.5, 0.6) is 35.3 Å². The van der Waals surface area contributed by atoms with Crippen LogP contribution < -0.4 is 60.3 Å². The molecule has 2 aliphatic rings. The van der Waals surface area contributed by atoms with Crippen molar-refractivity contribution in [3.05, 3.63) is 376 Å². The fourth-order valence-electron chi connectivity index (χ4n) is 13.9. The normalized spacial score (nSPS) is 12.2. The zero-order valence-corrected chi connectivity index (χ0v) is 81.4. The molecule has 0 bridgehead atoms. The molecule has 8 aromatic heterocycles.